The van der Waals surface area contributed by atoms with Gasteiger partial charge in [0.25, 0.3) is 0 Å². The number of anilines is 1. The van der Waals surface area contributed by atoms with E-state index in [0.717, 1.165) is 18.5 Å². The molecule has 21 heavy (non-hydrogen) atoms. The monoisotopic (exact) mass is 280 g/mol. The van der Waals surface area contributed by atoms with Gasteiger partial charge < -0.3 is 5.32 Å². The van der Waals surface area contributed by atoms with Crippen LogP contribution in [0.4, 0.5) is 10.1 Å². The fourth-order valence-corrected chi connectivity index (χ4v) is 2.78. The van der Waals surface area contributed by atoms with E-state index in [4.69, 9.17) is 5.26 Å². The van der Waals surface area contributed by atoms with Crippen molar-refractivity contribution >= 4 is 5.69 Å². The van der Waals surface area contributed by atoms with Gasteiger partial charge in [0.2, 0.25) is 0 Å². The van der Waals surface area contributed by atoms with E-state index in [2.05, 4.69) is 36.5 Å². The summed E-state index contributed by atoms with van der Waals surface area (Å²) in [5.41, 5.74) is 3.58. The second-order valence-electron chi connectivity index (χ2n) is 5.73. The highest BCUT2D eigenvalue weighted by molar-refractivity contribution is 5.51. The smallest absolute Gasteiger partial charge is 0.141 e. The molecule has 0 radical (unpaired) electrons. The number of nitriles is 1. The predicted octanol–water partition coefficient (Wildman–Crippen LogP) is 4.36. The van der Waals surface area contributed by atoms with Crippen molar-refractivity contribution in [3.05, 3.63) is 65.0 Å². The molecule has 3 heteroatoms. The minimum absolute atomic E-state index is 0.0920. The highest BCUT2D eigenvalue weighted by Crippen LogP contribution is 2.38. The largest absolute Gasteiger partial charge is 0.382 e. The van der Waals surface area contributed by atoms with Gasteiger partial charge in [-0.15, -0.1) is 0 Å². The second-order valence-corrected chi connectivity index (χ2v) is 5.73. The van der Waals surface area contributed by atoms with Crippen LogP contribution in [0, 0.1) is 24.1 Å². The van der Waals surface area contributed by atoms with Crippen LogP contribution in [-0.4, -0.2) is 6.04 Å². The van der Waals surface area contributed by atoms with Gasteiger partial charge in [0.15, 0.2) is 0 Å². The zero-order valence-electron chi connectivity index (χ0n) is 11.9. The fourth-order valence-electron chi connectivity index (χ4n) is 2.78. The SMILES string of the molecule is Cc1ccc(C2CC(Nc3ccc(F)c(C#N)c3)C2)cc1. The topological polar surface area (TPSA) is 35.8 Å². The Labute approximate surface area is 124 Å². The lowest BCUT2D eigenvalue weighted by atomic mass is 9.75. The van der Waals surface area contributed by atoms with Crippen LogP contribution in [-0.2, 0) is 0 Å². The van der Waals surface area contributed by atoms with Gasteiger partial charge in [0.1, 0.15) is 11.9 Å². The molecule has 0 aromatic heterocycles. The van der Waals surface area contributed by atoms with E-state index in [1.165, 1.54) is 17.2 Å². The van der Waals surface area contributed by atoms with E-state index in [-0.39, 0.29) is 5.56 Å². The second kappa shape index (κ2) is 5.57. The van der Waals surface area contributed by atoms with Crippen LogP contribution in [0.25, 0.3) is 0 Å². The van der Waals surface area contributed by atoms with Crippen LogP contribution >= 0.6 is 0 Å². The number of benzene rings is 2. The summed E-state index contributed by atoms with van der Waals surface area (Å²) in [6, 6.07) is 15.6. The summed E-state index contributed by atoms with van der Waals surface area (Å²) >= 11 is 0. The number of rotatable bonds is 3. The van der Waals surface area contributed by atoms with Gasteiger partial charge in [-0.3, -0.25) is 0 Å². The number of nitrogens with one attached hydrogen (secondary N) is 1. The molecule has 0 bridgehead atoms. The summed E-state index contributed by atoms with van der Waals surface area (Å²) in [7, 11) is 0. The van der Waals surface area contributed by atoms with Crippen LogP contribution in [0.1, 0.15) is 35.4 Å². The number of hydrogen-bond donors (Lipinski definition) is 1. The van der Waals surface area contributed by atoms with Gasteiger partial charge in [-0.1, -0.05) is 29.8 Å². The first kappa shape index (κ1) is 13.6. The Balaban J connectivity index is 1.60. The summed E-state index contributed by atoms with van der Waals surface area (Å²) in [4.78, 5) is 0. The number of hydrogen-bond acceptors (Lipinski definition) is 2. The molecule has 1 saturated carbocycles. The van der Waals surface area contributed by atoms with Crippen molar-refractivity contribution in [2.24, 2.45) is 0 Å². The molecule has 0 spiro atoms. The summed E-state index contributed by atoms with van der Waals surface area (Å²) in [6.45, 7) is 2.09. The molecule has 0 unspecified atom stereocenters. The van der Waals surface area contributed by atoms with E-state index in [1.54, 1.807) is 12.1 Å². The van der Waals surface area contributed by atoms with Crippen molar-refractivity contribution < 1.29 is 4.39 Å². The van der Waals surface area contributed by atoms with Crippen LogP contribution < -0.4 is 5.32 Å². The summed E-state index contributed by atoms with van der Waals surface area (Å²) in [6.07, 6.45) is 2.14. The average molecular weight is 280 g/mol. The highest BCUT2D eigenvalue weighted by atomic mass is 19.1. The van der Waals surface area contributed by atoms with E-state index in [9.17, 15) is 4.39 Å². The molecule has 0 aliphatic heterocycles. The molecule has 0 heterocycles. The van der Waals surface area contributed by atoms with Crippen molar-refractivity contribution in [2.45, 2.75) is 31.7 Å². The normalized spacial score (nSPS) is 20.4. The van der Waals surface area contributed by atoms with Crippen LogP contribution in [0.2, 0.25) is 0 Å². The Kier molecular flexibility index (Phi) is 3.62. The molecule has 1 aliphatic carbocycles. The van der Waals surface area contributed by atoms with Gasteiger partial charge in [0, 0.05) is 11.7 Å². The van der Waals surface area contributed by atoms with Crippen molar-refractivity contribution in [3.8, 4) is 6.07 Å². The molecule has 106 valence electrons. The third-order valence-electron chi connectivity index (χ3n) is 4.14. The van der Waals surface area contributed by atoms with E-state index in [0.29, 0.717) is 12.0 Å². The van der Waals surface area contributed by atoms with Gasteiger partial charge in [-0.05, 0) is 49.4 Å². The van der Waals surface area contributed by atoms with Crippen LogP contribution in [0.5, 0.6) is 0 Å². The van der Waals surface area contributed by atoms with Crippen LogP contribution in [0.15, 0.2) is 42.5 Å². The lowest BCUT2D eigenvalue weighted by molar-refractivity contribution is 0.374. The maximum absolute atomic E-state index is 13.3. The Morgan fingerprint density at radius 2 is 1.86 bits per heavy atom. The fraction of sp³-hybridized carbons (Fsp3) is 0.278. The van der Waals surface area contributed by atoms with Crippen molar-refractivity contribution in [1.82, 2.24) is 0 Å². The Morgan fingerprint density at radius 1 is 1.14 bits per heavy atom. The Hall–Kier alpha value is -2.34. The maximum Gasteiger partial charge on any atom is 0.141 e. The zero-order valence-corrected chi connectivity index (χ0v) is 11.9. The third-order valence-corrected chi connectivity index (χ3v) is 4.14. The molecule has 3 rings (SSSR count). The quantitative estimate of drug-likeness (QED) is 0.906. The number of halogens is 1. The molecule has 0 amide bonds. The molecule has 2 aromatic rings. The standard InChI is InChI=1S/C18H17FN2/c1-12-2-4-13(5-3-12)14-8-17(9-14)21-16-6-7-18(19)15(10-16)11-20/h2-7,10,14,17,21H,8-9H2,1H3. The molecule has 1 aliphatic rings. The molecule has 1 fully saturated rings. The lowest BCUT2D eigenvalue weighted by Crippen LogP contribution is -2.34. The molecular formula is C18H17FN2. The summed E-state index contributed by atoms with van der Waals surface area (Å²) < 4.78 is 13.3. The minimum Gasteiger partial charge on any atom is -0.382 e. The molecule has 0 saturated heterocycles. The van der Waals surface area contributed by atoms with Crippen LogP contribution in [0.3, 0.4) is 0 Å². The number of aryl methyl sites for hydroxylation is 1. The Morgan fingerprint density at radius 3 is 2.52 bits per heavy atom. The zero-order chi connectivity index (χ0) is 14.8. The molecular weight excluding hydrogens is 263 g/mol. The van der Waals surface area contributed by atoms with E-state index in [1.807, 2.05) is 6.07 Å². The van der Waals surface area contributed by atoms with Gasteiger partial charge in [0.05, 0.1) is 5.56 Å². The van der Waals surface area contributed by atoms with Gasteiger partial charge in [-0.2, -0.15) is 5.26 Å². The van der Waals surface area contributed by atoms with Crippen molar-refractivity contribution in [3.63, 3.8) is 0 Å². The first-order valence-corrected chi connectivity index (χ1v) is 7.18. The first-order chi connectivity index (χ1) is 10.2. The summed E-state index contributed by atoms with van der Waals surface area (Å²) in [5, 5.41) is 12.2. The highest BCUT2D eigenvalue weighted by Gasteiger charge is 2.30. The molecule has 0 atom stereocenters. The third kappa shape index (κ3) is 2.90. The average Bonchev–Trinajstić information content (AvgIpc) is 2.45. The minimum atomic E-state index is -0.464. The van der Waals surface area contributed by atoms with E-state index >= 15 is 0 Å². The number of nitrogens with zero attached hydrogens (tertiary/aromatic N) is 1. The van der Waals surface area contributed by atoms with Gasteiger partial charge in [-0.25, -0.2) is 4.39 Å². The first-order valence-electron chi connectivity index (χ1n) is 7.18. The van der Waals surface area contributed by atoms with E-state index < -0.39 is 5.82 Å². The molecule has 2 aromatic carbocycles. The van der Waals surface area contributed by atoms with Crippen molar-refractivity contribution in [1.29, 1.82) is 5.26 Å². The Bertz CT molecular complexity index is 679. The summed E-state index contributed by atoms with van der Waals surface area (Å²) in [5.74, 6) is 0.133. The maximum atomic E-state index is 13.3. The van der Waals surface area contributed by atoms with Crippen molar-refractivity contribution in [2.75, 3.05) is 5.32 Å². The predicted molar refractivity (Wildman–Crippen MR) is 81.7 cm³/mol. The van der Waals surface area contributed by atoms with Gasteiger partial charge >= 0.3 is 0 Å². The molecule has 2 nitrogen and oxygen atoms in total. The molecule has 1 N–H and O–H groups in total. The lowest BCUT2D eigenvalue weighted by Gasteiger charge is -2.37.